The van der Waals surface area contributed by atoms with Crippen molar-refractivity contribution in [2.45, 2.75) is 51.9 Å². The predicted molar refractivity (Wildman–Crippen MR) is 88.8 cm³/mol. The minimum atomic E-state index is 0.113. The van der Waals surface area contributed by atoms with Gasteiger partial charge in [-0.2, -0.15) is 0 Å². The fraction of sp³-hybridized carbons (Fsp3) is 0.611. The molecule has 122 valence electrons. The highest BCUT2D eigenvalue weighted by Crippen LogP contribution is 2.10. The first-order valence-electron chi connectivity index (χ1n) is 8.24. The Hall–Kier alpha value is -1.39. The third-order valence-electron chi connectivity index (χ3n) is 3.98. The lowest BCUT2D eigenvalue weighted by Gasteiger charge is -2.35. The van der Waals surface area contributed by atoms with E-state index in [2.05, 4.69) is 55.3 Å². The van der Waals surface area contributed by atoms with Gasteiger partial charge in [0.2, 0.25) is 5.91 Å². The maximum Gasteiger partial charge on any atom is 0.234 e. The number of rotatable bonds is 6. The van der Waals surface area contributed by atoms with E-state index in [1.807, 2.05) is 6.07 Å². The molecule has 0 spiro atoms. The lowest BCUT2D eigenvalue weighted by Crippen LogP contribution is -2.50. The average Bonchev–Trinajstić information content (AvgIpc) is 2.45. The fourth-order valence-electron chi connectivity index (χ4n) is 3.04. The molecule has 0 aliphatic carbocycles. The molecule has 1 aromatic carbocycles. The Bertz CT molecular complexity index is 453. The van der Waals surface area contributed by atoms with Crippen LogP contribution >= 0.6 is 0 Å². The summed E-state index contributed by atoms with van der Waals surface area (Å²) in [6.45, 7) is 8.32. The van der Waals surface area contributed by atoms with Crippen molar-refractivity contribution in [3.63, 3.8) is 0 Å². The van der Waals surface area contributed by atoms with E-state index in [0.717, 1.165) is 25.9 Å². The number of amides is 1. The van der Waals surface area contributed by atoms with Crippen LogP contribution < -0.4 is 5.32 Å². The maximum absolute atomic E-state index is 12.2. The Labute approximate surface area is 133 Å². The molecule has 1 amide bonds. The molecule has 0 bridgehead atoms. The Morgan fingerprint density at radius 2 is 1.91 bits per heavy atom. The summed E-state index contributed by atoms with van der Waals surface area (Å²) in [5.41, 5.74) is 1.32. The third kappa shape index (κ3) is 5.78. The van der Waals surface area contributed by atoms with E-state index in [4.69, 9.17) is 4.74 Å². The molecule has 0 unspecified atom stereocenters. The van der Waals surface area contributed by atoms with Gasteiger partial charge < -0.3 is 10.1 Å². The van der Waals surface area contributed by atoms with Crippen LogP contribution in [0.2, 0.25) is 0 Å². The minimum absolute atomic E-state index is 0.113. The number of carbonyl (C=O) groups excluding carboxylic acids is 1. The van der Waals surface area contributed by atoms with Gasteiger partial charge in [-0.1, -0.05) is 30.3 Å². The Kier molecular flexibility index (Phi) is 6.40. The van der Waals surface area contributed by atoms with Crippen molar-refractivity contribution in [1.82, 2.24) is 10.2 Å². The molecule has 1 aromatic rings. The summed E-state index contributed by atoms with van der Waals surface area (Å²) in [5.74, 6) is 0.113. The number of aryl methyl sites for hydroxylation is 1. The number of nitrogens with zero attached hydrogens (tertiary/aromatic N) is 1. The quantitative estimate of drug-likeness (QED) is 0.876. The van der Waals surface area contributed by atoms with Crippen molar-refractivity contribution in [1.29, 1.82) is 0 Å². The second kappa shape index (κ2) is 8.30. The van der Waals surface area contributed by atoms with E-state index in [0.29, 0.717) is 6.54 Å². The number of morpholine rings is 1. The highest BCUT2D eigenvalue weighted by molar-refractivity contribution is 5.78. The molecule has 1 heterocycles. The molecule has 0 aromatic heterocycles. The zero-order valence-electron chi connectivity index (χ0n) is 13.9. The molecule has 22 heavy (non-hydrogen) atoms. The molecule has 1 saturated heterocycles. The summed E-state index contributed by atoms with van der Waals surface area (Å²) in [4.78, 5) is 14.3. The number of hydrogen-bond acceptors (Lipinski definition) is 3. The van der Waals surface area contributed by atoms with Crippen molar-refractivity contribution in [3.8, 4) is 0 Å². The second-order valence-corrected chi connectivity index (χ2v) is 6.44. The van der Waals surface area contributed by atoms with Crippen molar-refractivity contribution < 1.29 is 9.53 Å². The van der Waals surface area contributed by atoms with Gasteiger partial charge in [0.1, 0.15) is 0 Å². The van der Waals surface area contributed by atoms with Gasteiger partial charge in [0.25, 0.3) is 0 Å². The van der Waals surface area contributed by atoms with Gasteiger partial charge >= 0.3 is 0 Å². The van der Waals surface area contributed by atoms with Gasteiger partial charge in [-0.05, 0) is 39.2 Å². The van der Waals surface area contributed by atoms with E-state index >= 15 is 0 Å². The number of benzene rings is 1. The SMILES string of the molecule is C[C@H](CCc1ccccc1)NC(=O)CN1C[C@@H](C)O[C@@H](C)C1. The average molecular weight is 304 g/mol. The van der Waals surface area contributed by atoms with E-state index in [1.54, 1.807) is 0 Å². The first kappa shape index (κ1) is 17.0. The Morgan fingerprint density at radius 1 is 1.27 bits per heavy atom. The highest BCUT2D eigenvalue weighted by Gasteiger charge is 2.23. The first-order chi connectivity index (χ1) is 10.5. The van der Waals surface area contributed by atoms with Gasteiger partial charge in [0.05, 0.1) is 18.8 Å². The van der Waals surface area contributed by atoms with Gasteiger partial charge in [0.15, 0.2) is 0 Å². The molecular formula is C18H28N2O2. The van der Waals surface area contributed by atoms with Crippen molar-refractivity contribution in [2.75, 3.05) is 19.6 Å². The second-order valence-electron chi connectivity index (χ2n) is 6.44. The highest BCUT2D eigenvalue weighted by atomic mass is 16.5. The van der Waals surface area contributed by atoms with E-state index in [1.165, 1.54) is 5.56 Å². The van der Waals surface area contributed by atoms with E-state index < -0.39 is 0 Å². The van der Waals surface area contributed by atoms with Crippen LogP contribution in [-0.4, -0.2) is 48.7 Å². The number of hydrogen-bond donors (Lipinski definition) is 1. The summed E-state index contributed by atoms with van der Waals surface area (Å²) in [5, 5.41) is 3.11. The van der Waals surface area contributed by atoms with Crippen molar-refractivity contribution >= 4 is 5.91 Å². The smallest absolute Gasteiger partial charge is 0.234 e. The van der Waals surface area contributed by atoms with Crippen LogP contribution in [0.5, 0.6) is 0 Å². The fourth-order valence-corrected chi connectivity index (χ4v) is 3.04. The van der Waals surface area contributed by atoms with Crippen LogP contribution in [0, 0.1) is 0 Å². The largest absolute Gasteiger partial charge is 0.373 e. The monoisotopic (exact) mass is 304 g/mol. The summed E-state index contributed by atoms with van der Waals surface area (Å²) in [7, 11) is 0. The van der Waals surface area contributed by atoms with Crippen LogP contribution in [0.25, 0.3) is 0 Å². The predicted octanol–water partition coefficient (Wildman–Crippen LogP) is 2.23. The number of nitrogens with one attached hydrogen (secondary N) is 1. The molecule has 1 fully saturated rings. The van der Waals surface area contributed by atoms with Crippen LogP contribution in [-0.2, 0) is 16.0 Å². The van der Waals surface area contributed by atoms with Crippen molar-refractivity contribution in [2.24, 2.45) is 0 Å². The summed E-state index contributed by atoms with van der Waals surface area (Å²) >= 11 is 0. The molecule has 2 rings (SSSR count). The van der Waals surface area contributed by atoms with Crippen LogP contribution in [0.15, 0.2) is 30.3 Å². The summed E-state index contributed by atoms with van der Waals surface area (Å²) in [6, 6.07) is 10.6. The zero-order chi connectivity index (χ0) is 15.9. The van der Waals surface area contributed by atoms with Gasteiger partial charge in [-0.3, -0.25) is 9.69 Å². The van der Waals surface area contributed by atoms with Gasteiger partial charge in [-0.25, -0.2) is 0 Å². The molecular weight excluding hydrogens is 276 g/mol. The van der Waals surface area contributed by atoms with Crippen LogP contribution in [0.1, 0.15) is 32.8 Å². The van der Waals surface area contributed by atoms with E-state index in [9.17, 15) is 4.79 Å². The van der Waals surface area contributed by atoms with Crippen LogP contribution in [0.4, 0.5) is 0 Å². The molecule has 0 saturated carbocycles. The minimum Gasteiger partial charge on any atom is -0.373 e. The Morgan fingerprint density at radius 3 is 2.55 bits per heavy atom. The summed E-state index contributed by atoms with van der Waals surface area (Å²) in [6.07, 6.45) is 2.36. The first-order valence-corrected chi connectivity index (χ1v) is 8.24. The normalized spacial score (nSPS) is 24.0. The topological polar surface area (TPSA) is 41.6 Å². The Balaban J connectivity index is 1.69. The van der Waals surface area contributed by atoms with Gasteiger partial charge in [-0.15, -0.1) is 0 Å². The van der Waals surface area contributed by atoms with Gasteiger partial charge in [0, 0.05) is 19.1 Å². The maximum atomic E-state index is 12.2. The zero-order valence-corrected chi connectivity index (χ0v) is 13.9. The number of carbonyl (C=O) groups is 1. The molecule has 3 atom stereocenters. The third-order valence-corrected chi connectivity index (χ3v) is 3.98. The molecule has 0 radical (unpaired) electrons. The standard InChI is InChI=1S/C18H28N2O2/c1-14(9-10-17-7-5-4-6-8-17)19-18(21)13-20-11-15(2)22-16(3)12-20/h4-8,14-16H,9-13H2,1-3H3,(H,19,21)/t14-,15-,16+/m1/s1. The summed E-state index contributed by atoms with van der Waals surface area (Å²) < 4.78 is 5.69. The lowest BCUT2D eigenvalue weighted by molar-refractivity contribution is -0.126. The lowest BCUT2D eigenvalue weighted by atomic mass is 10.1. The molecule has 1 aliphatic rings. The number of ether oxygens (including phenoxy) is 1. The molecule has 1 N–H and O–H groups in total. The molecule has 4 nitrogen and oxygen atoms in total. The molecule has 1 aliphatic heterocycles. The van der Waals surface area contributed by atoms with Crippen molar-refractivity contribution in [3.05, 3.63) is 35.9 Å². The molecule has 4 heteroatoms. The van der Waals surface area contributed by atoms with Crippen LogP contribution in [0.3, 0.4) is 0 Å². The van der Waals surface area contributed by atoms with E-state index in [-0.39, 0.29) is 24.2 Å².